The van der Waals surface area contributed by atoms with E-state index in [2.05, 4.69) is 38.1 Å². The van der Waals surface area contributed by atoms with Crippen molar-refractivity contribution in [2.75, 3.05) is 6.61 Å². The highest BCUT2D eigenvalue weighted by atomic mass is 16.5. The van der Waals surface area contributed by atoms with Gasteiger partial charge in [0.05, 0.1) is 12.2 Å². The van der Waals surface area contributed by atoms with Crippen molar-refractivity contribution >= 4 is 5.97 Å². The highest BCUT2D eigenvalue weighted by Gasteiger charge is 2.09. The van der Waals surface area contributed by atoms with Gasteiger partial charge in [0.2, 0.25) is 0 Å². The molecule has 0 aliphatic carbocycles. The molecule has 0 saturated heterocycles. The number of hydrogen-bond donors (Lipinski definition) is 0. The highest BCUT2D eigenvalue weighted by molar-refractivity contribution is 5.91. The van der Waals surface area contributed by atoms with Crippen LogP contribution in [0, 0.1) is 0 Å². The molecular formula is C32H40O3. The maximum atomic E-state index is 12.6. The largest absolute Gasteiger partial charge is 0.494 e. The lowest BCUT2D eigenvalue weighted by Crippen LogP contribution is -2.08. The van der Waals surface area contributed by atoms with E-state index in [0.717, 1.165) is 36.3 Å². The Hall–Kier alpha value is -3.07. The number of benzene rings is 3. The van der Waals surface area contributed by atoms with Crippen LogP contribution in [0.2, 0.25) is 0 Å². The molecule has 0 aliphatic rings. The molecule has 0 unspecified atom stereocenters. The molecule has 35 heavy (non-hydrogen) atoms. The molecule has 0 fully saturated rings. The third kappa shape index (κ3) is 9.24. The Kier molecular flexibility index (Phi) is 11.4. The molecule has 3 aromatic rings. The Labute approximate surface area is 211 Å². The Morgan fingerprint density at radius 3 is 1.80 bits per heavy atom. The summed E-state index contributed by atoms with van der Waals surface area (Å²) in [4.78, 5) is 12.6. The Balaban J connectivity index is 1.46. The lowest BCUT2D eigenvalue weighted by molar-refractivity contribution is 0.0734. The molecule has 0 saturated carbocycles. The molecule has 0 spiro atoms. The summed E-state index contributed by atoms with van der Waals surface area (Å²) in [7, 11) is 0. The molecule has 0 aromatic heterocycles. The Bertz CT molecular complexity index is 988. The average molecular weight is 473 g/mol. The molecule has 3 aromatic carbocycles. The van der Waals surface area contributed by atoms with Crippen molar-refractivity contribution in [1.29, 1.82) is 0 Å². The van der Waals surface area contributed by atoms with Gasteiger partial charge in [0.15, 0.2) is 0 Å². The topological polar surface area (TPSA) is 35.5 Å². The van der Waals surface area contributed by atoms with Gasteiger partial charge in [-0.05, 0) is 72.4 Å². The van der Waals surface area contributed by atoms with Crippen LogP contribution in [0.4, 0.5) is 0 Å². The van der Waals surface area contributed by atoms with E-state index in [4.69, 9.17) is 9.47 Å². The zero-order valence-corrected chi connectivity index (χ0v) is 21.4. The first-order valence-electron chi connectivity index (χ1n) is 13.3. The number of carbonyl (C=O) groups excluding carboxylic acids is 1. The SMILES string of the molecule is CCCCCCCCc1ccc(OC(=O)c2ccc(-c3ccc(OCCCCC)cc3)cc2)cc1. The number of ether oxygens (including phenoxy) is 2. The van der Waals surface area contributed by atoms with Gasteiger partial charge in [-0.1, -0.05) is 95.2 Å². The van der Waals surface area contributed by atoms with Crippen LogP contribution in [0.15, 0.2) is 72.8 Å². The van der Waals surface area contributed by atoms with Crippen molar-refractivity contribution in [3.8, 4) is 22.6 Å². The number of hydrogen-bond acceptors (Lipinski definition) is 3. The Morgan fingerprint density at radius 2 is 1.14 bits per heavy atom. The van der Waals surface area contributed by atoms with Gasteiger partial charge in [-0.25, -0.2) is 4.79 Å². The van der Waals surface area contributed by atoms with Crippen molar-refractivity contribution in [2.24, 2.45) is 0 Å². The maximum absolute atomic E-state index is 12.6. The molecular weight excluding hydrogens is 432 g/mol. The predicted molar refractivity (Wildman–Crippen MR) is 145 cm³/mol. The van der Waals surface area contributed by atoms with Crippen LogP contribution in [0.1, 0.15) is 87.6 Å². The van der Waals surface area contributed by atoms with Crippen LogP contribution in [-0.2, 0) is 6.42 Å². The van der Waals surface area contributed by atoms with Gasteiger partial charge in [-0.15, -0.1) is 0 Å². The molecule has 3 heteroatoms. The average Bonchev–Trinajstić information content (AvgIpc) is 2.90. The van der Waals surface area contributed by atoms with E-state index in [1.807, 2.05) is 48.5 Å². The zero-order chi connectivity index (χ0) is 24.7. The number of rotatable bonds is 15. The molecule has 0 atom stereocenters. The van der Waals surface area contributed by atoms with E-state index in [0.29, 0.717) is 11.3 Å². The van der Waals surface area contributed by atoms with Crippen molar-refractivity contribution in [3.05, 3.63) is 83.9 Å². The molecule has 0 radical (unpaired) electrons. The van der Waals surface area contributed by atoms with Crippen LogP contribution in [0.5, 0.6) is 11.5 Å². The fraction of sp³-hybridized carbons (Fsp3) is 0.406. The second-order valence-corrected chi connectivity index (χ2v) is 9.21. The van der Waals surface area contributed by atoms with E-state index in [1.165, 1.54) is 56.9 Å². The molecule has 0 heterocycles. The minimum atomic E-state index is -0.337. The van der Waals surface area contributed by atoms with E-state index < -0.39 is 0 Å². The molecule has 0 N–H and O–H groups in total. The predicted octanol–water partition coefficient (Wildman–Crippen LogP) is 9.04. The number of esters is 1. The van der Waals surface area contributed by atoms with Crippen LogP contribution >= 0.6 is 0 Å². The van der Waals surface area contributed by atoms with E-state index >= 15 is 0 Å². The highest BCUT2D eigenvalue weighted by Crippen LogP contribution is 2.24. The fourth-order valence-electron chi connectivity index (χ4n) is 4.08. The smallest absolute Gasteiger partial charge is 0.343 e. The standard InChI is InChI=1S/C32H40O3/c1-3-5-7-8-9-10-12-26-13-21-31(22-14-26)35-32(33)29-17-15-27(16-18-29)28-19-23-30(24-20-28)34-25-11-6-4-2/h13-24H,3-12,25H2,1-2H3. The zero-order valence-electron chi connectivity index (χ0n) is 21.4. The fourth-order valence-corrected chi connectivity index (χ4v) is 4.08. The van der Waals surface area contributed by atoms with Gasteiger partial charge in [0, 0.05) is 0 Å². The summed E-state index contributed by atoms with van der Waals surface area (Å²) in [6.45, 7) is 5.19. The quantitative estimate of drug-likeness (QED) is 0.126. The van der Waals surface area contributed by atoms with Crippen molar-refractivity contribution < 1.29 is 14.3 Å². The summed E-state index contributed by atoms with van der Waals surface area (Å²) in [5.74, 6) is 1.14. The monoisotopic (exact) mass is 472 g/mol. The van der Waals surface area contributed by atoms with Gasteiger partial charge < -0.3 is 9.47 Å². The van der Waals surface area contributed by atoms with Gasteiger partial charge >= 0.3 is 5.97 Å². The lowest BCUT2D eigenvalue weighted by atomic mass is 10.0. The van der Waals surface area contributed by atoms with Crippen molar-refractivity contribution in [1.82, 2.24) is 0 Å². The molecule has 3 nitrogen and oxygen atoms in total. The number of carbonyl (C=O) groups is 1. The van der Waals surface area contributed by atoms with Crippen molar-refractivity contribution in [3.63, 3.8) is 0 Å². The van der Waals surface area contributed by atoms with E-state index in [-0.39, 0.29) is 5.97 Å². The molecule has 0 amide bonds. The molecule has 186 valence electrons. The minimum Gasteiger partial charge on any atom is -0.494 e. The summed E-state index contributed by atoms with van der Waals surface area (Å²) < 4.78 is 11.4. The minimum absolute atomic E-state index is 0.337. The third-order valence-electron chi connectivity index (χ3n) is 6.28. The van der Waals surface area contributed by atoms with Gasteiger partial charge in [-0.3, -0.25) is 0 Å². The van der Waals surface area contributed by atoms with Gasteiger partial charge in [0.1, 0.15) is 11.5 Å². The second-order valence-electron chi connectivity index (χ2n) is 9.21. The molecule has 0 bridgehead atoms. The van der Waals surface area contributed by atoms with E-state index in [1.54, 1.807) is 0 Å². The van der Waals surface area contributed by atoms with Crippen molar-refractivity contribution in [2.45, 2.75) is 78.1 Å². The first kappa shape index (κ1) is 26.5. The Morgan fingerprint density at radius 1 is 0.600 bits per heavy atom. The van der Waals surface area contributed by atoms with Crippen LogP contribution in [-0.4, -0.2) is 12.6 Å². The lowest BCUT2D eigenvalue weighted by Gasteiger charge is -2.08. The summed E-state index contributed by atoms with van der Waals surface area (Å²) in [6.07, 6.45) is 12.3. The summed E-state index contributed by atoms with van der Waals surface area (Å²) in [5.41, 5.74) is 3.98. The summed E-state index contributed by atoms with van der Waals surface area (Å²) in [6, 6.07) is 23.6. The van der Waals surface area contributed by atoms with Gasteiger partial charge in [-0.2, -0.15) is 0 Å². The number of aryl methyl sites for hydroxylation is 1. The third-order valence-corrected chi connectivity index (χ3v) is 6.28. The van der Waals surface area contributed by atoms with Crippen LogP contribution in [0.25, 0.3) is 11.1 Å². The summed E-state index contributed by atoms with van der Waals surface area (Å²) >= 11 is 0. The van der Waals surface area contributed by atoms with E-state index in [9.17, 15) is 4.79 Å². The van der Waals surface area contributed by atoms with Crippen LogP contribution < -0.4 is 9.47 Å². The normalized spacial score (nSPS) is 10.8. The second kappa shape index (κ2) is 15.0. The first-order valence-corrected chi connectivity index (χ1v) is 13.3. The first-order chi connectivity index (χ1) is 17.2. The maximum Gasteiger partial charge on any atom is 0.343 e. The molecule has 0 aliphatic heterocycles. The molecule has 3 rings (SSSR count). The summed E-state index contributed by atoms with van der Waals surface area (Å²) in [5, 5.41) is 0. The van der Waals surface area contributed by atoms with Crippen LogP contribution in [0.3, 0.4) is 0 Å². The van der Waals surface area contributed by atoms with Gasteiger partial charge in [0.25, 0.3) is 0 Å². The number of unbranched alkanes of at least 4 members (excludes halogenated alkanes) is 7.